The van der Waals surface area contributed by atoms with Crippen LogP contribution >= 0.6 is 0 Å². The summed E-state index contributed by atoms with van der Waals surface area (Å²) in [6.07, 6.45) is 6.01. The normalized spacial score (nSPS) is 24.4. The van der Waals surface area contributed by atoms with Crippen LogP contribution in [-0.4, -0.2) is 41.5 Å². The van der Waals surface area contributed by atoms with Gasteiger partial charge in [0, 0.05) is 25.7 Å². The molecular weight excluding hydrogens is 224 g/mol. The number of hydrogen-bond acceptors (Lipinski definition) is 1. The lowest BCUT2D eigenvalue weighted by Gasteiger charge is -2.35. The molecule has 1 atom stereocenters. The molecule has 1 aliphatic carbocycles. The maximum absolute atomic E-state index is 12.6. The van der Waals surface area contributed by atoms with E-state index in [0.717, 1.165) is 26.1 Å². The van der Waals surface area contributed by atoms with Gasteiger partial charge in [-0.1, -0.05) is 20.8 Å². The minimum absolute atomic E-state index is 0.310. The summed E-state index contributed by atoms with van der Waals surface area (Å²) in [4.78, 5) is 16.8. The van der Waals surface area contributed by atoms with Gasteiger partial charge < -0.3 is 9.80 Å². The fourth-order valence-corrected chi connectivity index (χ4v) is 2.76. The van der Waals surface area contributed by atoms with Gasteiger partial charge in [0.25, 0.3) is 0 Å². The minimum atomic E-state index is 0.310. The topological polar surface area (TPSA) is 23.6 Å². The second-order valence-electron chi connectivity index (χ2n) is 6.58. The molecule has 3 nitrogen and oxygen atoms in total. The molecule has 0 aromatic heterocycles. The monoisotopic (exact) mass is 252 g/mol. The third kappa shape index (κ3) is 3.63. The molecule has 0 bridgehead atoms. The number of rotatable bonds is 4. The Balaban J connectivity index is 1.90. The molecule has 0 radical (unpaired) electrons. The smallest absolute Gasteiger partial charge is 0.320 e. The van der Waals surface area contributed by atoms with Crippen LogP contribution in [0.5, 0.6) is 0 Å². The molecule has 2 fully saturated rings. The summed E-state index contributed by atoms with van der Waals surface area (Å²) >= 11 is 0. The Morgan fingerprint density at radius 2 is 2.06 bits per heavy atom. The van der Waals surface area contributed by atoms with E-state index in [2.05, 4.69) is 30.6 Å². The van der Waals surface area contributed by atoms with Gasteiger partial charge in [-0.2, -0.15) is 0 Å². The summed E-state index contributed by atoms with van der Waals surface area (Å²) in [5.74, 6) is 1.35. The maximum Gasteiger partial charge on any atom is 0.320 e. The van der Waals surface area contributed by atoms with E-state index in [1.807, 2.05) is 0 Å². The van der Waals surface area contributed by atoms with Gasteiger partial charge in [-0.05, 0) is 43.9 Å². The van der Waals surface area contributed by atoms with Gasteiger partial charge in [-0.15, -0.1) is 0 Å². The van der Waals surface area contributed by atoms with E-state index in [1.54, 1.807) is 0 Å². The predicted octanol–water partition coefficient (Wildman–Crippen LogP) is 3.35. The summed E-state index contributed by atoms with van der Waals surface area (Å²) in [5, 5.41) is 0. The second kappa shape index (κ2) is 5.94. The fraction of sp³-hybridized carbons (Fsp3) is 0.933. The molecule has 0 spiro atoms. The summed E-state index contributed by atoms with van der Waals surface area (Å²) in [6.45, 7) is 9.61. The van der Waals surface area contributed by atoms with E-state index >= 15 is 0 Å². The Kier molecular flexibility index (Phi) is 4.52. The molecule has 1 saturated heterocycles. The first-order valence-corrected chi connectivity index (χ1v) is 7.63. The van der Waals surface area contributed by atoms with Crippen molar-refractivity contribution in [3.05, 3.63) is 0 Å². The molecule has 3 heteroatoms. The number of piperidine rings is 1. The van der Waals surface area contributed by atoms with Crippen molar-refractivity contribution in [2.45, 2.75) is 58.9 Å². The number of nitrogens with zero attached hydrogens (tertiary/aromatic N) is 2. The summed E-state index contributed by atoms with van der Waals surface area (Å²) in [5.41, 5.74) is 0. The lowest BCUT2D eigenvalue weighted by atomic mass is 10.0. The van der Waals surface area contributed by atoms with E-state index in [0.29, 0.717) is 23.9 Å². The third-order valence-electron chi connectivity index (χ3n) is 4.11. The van der Waals surface area contributed by atoms with Crippen LogP contribution in [-0.2, 0) is 0 Å². The Labute approximate surface area is 112 Å². The van der Waals surface area contributed by atoms with Gasteiger partial charge in [-0.25, -0.2) is 4.79 Å². The first-order chi connectivity index (χ1) is 8.58. The number of hydrogen-bond donors (Lipinski definition) is 0. The number of urea groups is 1. The van der Waals surface area contributed by atoms with Crippen LogP contribution in [0, 0.1) is 11.8 Å². The Morgan fingerprint density at radius 3 is 2.61 bits per heavy atom. The van der Waals surface area contributed by atoms with Gasteiger partial charge in [-0.3, -0.25) is 0 Å². The number of carbonyl (C=O) groups is 1. The summed E-state index contributed by atoms with van der Waals surface area (Å²) < 4.78 is 0. The van der Waals surface area contributed by atoms with Crippen LogP contribution in [0.15, 0.2) is 0 Å². The molecule has 1 unspecified atom stereocenters. The zero-order chi connectivity index (χ0) is 13.1. The van der Waals surface area contributed by atoms with Crippen molar-refractivity contribution in [3.63, 3.8) is 0 Å². The highest BCUT2D eigenvalue weighted by molar-refractivity contribution is 5.75. The van der Waals surface area contributed by atoms with Crippen LogP contribution in [0.25, 0.3) is 0 Å². The molecule has 1 saturated carbocycles. The van der Waals surface area contributed by atoms with Crippen molar-refractivity contribution in [2.24, 2.45) is 11.8 Å². The number of amides is 2. The highest BCUT2D eigenvalue weighted by Gasteiger charge is 2.35. The molecule has 2 aliphatic rings. The highest BCUT2D eigenvalue weighted by atomic mass is 16.2. The summed E-state index contributed by atoms with van der Waals surface area (Å²) in [6, 6.07) is 0.859. The lowest BCUT2D eigenvalue weighted by Crippen LogP contribution is -2.48. The van der Waals surface area contributed by atoms with Gasteiger partial charge in [0.1, 0.15) is 0 Å². The molecule has 2 amide bonds. The average molecular weight is 252 g/mol. The van der Waals surface area contributed by atoms with Crippen molar-refractivity contribution in [1.29, 1.82) is 0 Å². The number of likely N-dealkylation sites (tertiary alicyclic amines) is 1. The van der Waals surface area contributed by atoms with Crippen molar-refractivity contribution in [1.82, 2.24) is 9.80 Å². The van der Waals surface area contributed by atoms with Gasteiger partial charge >= 0.3 is 6.03 Å². The van der Waals surface area contributed by atoms with Crippen LogP contribution in [0.4, 0.5) is 4.79 Å². The van der Waals surface area contributed by atoms with E-state index in [-0.39, 0.29) is 0 Å². The van der Waals surface area contributed by atoms with E-state index in [9.17, 15) is 4.79 Å². The molecule has 104 valence electrons. The lowest BCUT2D eigenvalue weighted by molar-refractivity contribution is 0.126. The van der Waals surface area contributed by atoms with Crippen LogP contribution in [0.2, 0.25) is 0 Å². The fourth-order valence-electron chi connectivity index (χ4n) is 2.76. The molecule has 18 heavy (non-hydrogen) atoms. The zero-order valence-corrected chi connectivity index (χ0v) is 12.2. The van der Waals surface area contributed by atoms with E-state index in [4.69, 9.17) is 0 Å². The highest BCUT2D eigenvalue weighted by Crippen LogP contribution is 2.29. The van der Waals surface area contributed by atoms with Crippen molar-refractivity contribution >= 4 is 6.03 Å². The van der Waals surface area contributed by atoms with Gasteiger partial charge in [0.15, 0.2) is 0 Å². The molecule has 0 aromatic rings. The molecule has 1 heterocycles. The van der Waals surface area contributed by atoms with Crippen LogP contribution in [0.3, 0.4) is 0 Å². The van der Waals surface area contributed by atoms with Crippen molar-refractivity contribution in [3.8, 4) is 0 Å². The largest absolute Gasteiger partial charge is 0.324 e. The standard InChI is InChI=1S/C15H28N2O/c1-12(2)8-10-17(14-6-7-14)15(18)16-9-4-5-13(3)11-16/h12-14H,4-11H2,1-3H3. The van der Waals surface area contributed by atoms with Crippen LogP contribution in [0.1, 0.15) is 52.9 Å². The average Bonchev–Trinajstić information content (AvgIpc) is 3.13. The third-order valence-corrected chi connectivity index (χ3v) is 4.11. The predicted molar refractivity (Wildman–Crippen MR) is 74.6 cm³/mol. The molecule has 0 N–H and O–H groups in total. The van der Waals surface area contributed by atoms with Crippen molar-refractivity contribution in [2.75, 3.05) is 19.6 Å². The first-order valence-electron chi connectivity index (χ1n) is 7.63. The minimum Gasteiger partial charge on any atom is -0.324 e. The molecule has 2 rings (SSSR count). The first kappa shape index (κ1) is 13.7. The maximum atomic E-state index is 12.6. The molecule has 1 aliphatic heterocycles. The molecule has 0 aromatic carbocycles. The summed E-state index contributed by atoms with van der Waals surface area (Å²) in [7, 11) is 0. The molecular formula is C15H28N2O. The Morgan fingerprint density at radius 1 is 1.33 bits per heavy atom. The SMILES string of the molecule is CC(C)CCN(C(=O)N1CCCC(C)C1)C1CC1. The zero-order valence-electron chi connectivity index (χ0n) is 12.2. The second-order valence-corrected chi connectivity index (χ2v) is 6.58. The number of carbonyl (C=O) groups excluding carboxylic acids is 1. The van der Waals surface area contributed by atoms with E-state index < -0.39 is 0 Å². The van der Waals surface area contributed by atoms with Crippen LogP contribution < -0.4 is 0 Å². The Hall–Kier alpha value is -0.730. The van der Waals surface area contributed by atoms with E-state index in [1.165, 1.54) is 25.7 Å². The quantitative estimate of drug-likeness (QED) is 0.752. The van der Waals surface area contributed by atoms with Gasteiger partial charge in [0.05, 0.1) is 0 Å². The van der Waals surface area contributed by atoms with Crippen molar-refractivity contribution < 1.29 is 4.79 Å². The Bertz CT molecular complexity index is 286. The van der Waals surface area contributed by atoms with Gasteiger partial charge in [0.2, 0.25) is 0 Å².